The van der Waals surface area contributed by atoms with Crippen molar-refractivity contribution >= 4 is 11.4 Å². The van der Waals surface area contributed by atoms with Crippen LogP contribution in [0.25, 0.3) is 16.9 Å². The first kappa shape index (κ1) is 10.8. The van der Waals surface area contributed by atoms with E-state index in [2.05, 4.69) is 10.4 Å². The number of benzene rings is 2. The van der Waals surface area contributed by atoms with E-state index in [0.717, 1.165) is 39.8 Å². The molecule has 0 unspecified atom stereocenters. The number of anilines is 2. The lowest BCUT2D eigenvalue weighted by molar-refractivity contribution is 0.174. The van der Waals surface area contributed by atoms with Gasteiger partial charge < -0.3 is 14.8 Å². The maximum absolute atomic E-state index is 5.49. The quantitative estimate of drug-likeness (QED) is 0.535. The summed E-state index contributed by atoms with van der Waals surface area (Å²) >= 11 is 0. The van der Waals surface area contributed by atoms with Gasteiger partial charge in [-0.15, -0.1) is 0 Å². The third-order valence-corrected chi connectivity index (χ3v) is 3.83. The molecule has 0 saturated heterocycles. The summed E-state index contributed by atoms with van der Waals surface area (Å²) in [5.74, 6) is 1.54. The van der Waals surface area contributed by atoms with E-state index in [9.17, 15) is 0 Å². The van der Waals surface area contributed by atoms with Crippen molar-refractivity contribution in [2.24, 2.45) is 0 Å². The molecule has 2 aliphatic rings. The molecule has 21 heavy (non-hydrogen) atoms. The molecule has 0 fully saturated rings. The summed E-state index contributed by atoms with van der Waals surface area (Å²) in [6, 6.07) is 14.1. The zero-order valence-electron chi connectivity index (χ0n) is 11.0. The fourth-order valence-electron chi connectivity index (χ4n) is 2.87. The van der Waals surface area contributed by atoms with E-state index in [-0.39, 0.29) is 6.79 Å². The summed E-state index contributed by atoms with van der Waals surface area (Å²) in [6.45, 7) is 0.272. The van der Waals surface area contributed by atoms with Gasteiger partial charge in [-0.05, 0) is 24.3 Å². The Kier molecular flexibility index (Phi) is 1.95. The number of hydrogen-bond donors (Lipinski definition) is 1. The molecule has 2 aromatic carbocycles. The van der Waals surface area contributed by atoms with E-state index in [0.29, 0.717) is 0 Å². The first-order valence-corrected chi connectivity index (χ1v) is 6.75. The minimum atomic E-state index is 0.272. The van der Waals surface area contributed by atoms with Gasteiger partial charge in [-0.3, -0.25) is 0 Å². The molecule has 0 aliphatic carbocycles. The number of para-hydroxylation sites is 2. The van der Waals surface area contributed by atoms with Gasteiger partial charge in [0.25, 0.3) is 0 Å². The lowest BCUT2D eigenvalue weighted by atomic mass is 10.1. The molecule has 3 aromatic rings. The van der Waals surface area contributed by atoms with E-state index in [1.165, 1.54) is 0 Å². The largest absolute Gasteiger partial charge is 0.454 e. The SMILES string of the molecule is c1ccc2c(c1)Nc1cc3c(cc1-c1ccnn1-2)OCO3. The number of nitrogens with one attached hydrogen (secondary N) is 1. The summed E-state index contributed by atoms with van der Waals surface area (Å²) < 4.78 is 12.9. The van der Waals surface area contributed by atoms with Crippen molar-refractivity contribution in [2.75, 3.05) is 12.1 Å². The van der Waals surface area contributed by atoms with Crippen molar-refractivity contribution in [1.82, 2.24) is 9.78 Å². The maximum atomic E-state index is 5.49. The standard InChI is InChI=1S/C16H11N3O2/c1-2-4-14-11(3-1)18-12-8-16-15(20-9-21-16)7-10(12)13-5-6-17-19(13)14/h1-8,18H,9H2. The molecule has 5 nitrogen and oxygen atoms in total. The molecule has 0 amide bonds. The molecule has 1 aromatic heterocycles. The molecule has 0 atom stereocenters. The second kappa shape index (κ2) is 3.79. The maximum Gasteiger partial charge on any atom is 0.231 e. The highest BCUT2D eigenvalue weighted by Crippen LogP contribution is 2.45. The molecule has 102 valence electrons. The monoisotopic (exact) mass is 277 g/mol. The van der Waals surface area contributed by atoms with Crippen molar-refractivity contribution in [1.29, 1.82) is 0 Å². The molecule has 0 spiro atoms. The number of fused-ring (bicyclic) bond motifs is 6. The van der Waals surface area contributed by atoms with Crippen LogP contribution in [0.3, 0.4) is 0 Å². The van der Waals surface area contributed by atoms with E-state index in [1.54, 1.807) is 0 Å². The first-order valence-electron chi connectivity index (χ1n) is 6.75. The fourth-order valence-corrected chi connectivity index (χ4v) is 2.87. The molecule has 0 saturated carbocycles. The van der Waals surface area contributed by atoms with Crippen LogP contribution in [0, 0.1) is 0 Å². The zero-order chi connectivity index (χ0) is 13.8. The van der Waals surface area contributed by atoms with E-state index >= 15 is 0 Å². The Morgan fingerprint density at radius 2 is 1.86 bits per heavy atom. The van der Waals surface area contributed by atoms with Gasteiger partial charge in [-0.2, -0.15) is 5.10 Å². The number of ether oxygens (including phenoxy) is 2. The molecular formula is C16H11N3O2. The highest BCUT2D eigenvalue weighted by atomic mass is 16.7. The average Bonchev–Trinajstić information content (AvgIpc) is 3.13. The number of hydrogen-bond acceptors (Lipinski definition) is 4. The van der Waals surface area contributed by atoms with Crippen LogP contribution in [-0.2, 0) is 0 Å². The summed E-state index contributed by atoms with van der Waals surface area (Å²) in [4.78, 5) is 0. The average molecular weight is 277 g/mol. The topological polar surface area (TPSA) is 48.3 Å². The van der Waals surface area contributed by atoms with Crippen LogP contribution >= 0.6 is 0 Å². The van der Waals surface area contributed by atoms with Crippen LogP contribution in [0.1, 0.15) is 0 Å². The molecule has 3 heterocycles. The molecule has 1 N–H and O–H groups in total. The van der Waals surface area contributed by atoms with Gasteiger partial charge in [0, 0.05) is 11.6 Å². The van der Waals surface area contributed by atoms with Crippen LogP contribution in [-0.4, -0.2) is 16.6 Å². The Morgan fingerprint density at radius 1 is 1.00 bits per heavy atom. The molecular weight excluding hydrogens is 266 g/mol. The Hall–Kier alpha value is -2.95. The van der Waals surface area contributed by atoms with Crippen LogP contribution in [0.15, 0.2) is 48.7 Å². The van der Waals surface area contributed by atoms with Crippen LogP contribution in [0.2, 0.25) is 0 Å². The minimum Gasteiger partial charge on any atom is -0.454 e. The number of nitrogens with zero attached hydrogens (tertiary/aromatic N) is 2. The second-order valence-corrected chi connectivity index (χ2v) is 5.02. The highest BCUT2D eigenvalue weighted by Gasteiger charge is 2.23. The summed E-state index contributed by atoms with van der Waals surface area (Å²) in [5.41, 5.74) is 5.11. The lowest BCUT2D eigenvalue weighted by Crippen LogP contribution is -1.98. The summed E-state index contributed by atoms with van der Waals surface area (Å²) in [5, 5.41) is 7.92. The Labute approximate surface area is 120 Å². The molecule has 5 rings (SSSR count). The first-order chi connectivity index (χ1) is 10.4. The van der Waals surface area contributed by atoms with E-state index in [4.69, 9.17) is 9.47 Å². The van der Waals surface area contributed by atoms with Gasteiger partial charge in [-0.25, -0.2) is 4.68 Å². The minimum absolute atomic E-state index is 0.272. The molecule has 0 bridgehead atoms. The van der Waals surface area contributed by atoms with Crippen molar-refractivity contribution < 1.29 is 9.47 Å². The smallest absolute Gasteiger partial charge is 0.231 e. The summed E-state index contributed by atoms with van der Waals surface area (Å²) in [6.07, 6.45) is 1.81. The molecule has 0 radical (unpaired) electrons. The van der Waals surface area contributed by atoms with Crippen molar-refractivity contribution in [3.8, 4) is 28.4 Å². The summed E-state index contributed by atoms with van der Waals surface area (Å²) in [7, 11) is 0. The zero-order valence-corrected chi connectivity index (χ0v) is 11.0. The van der Waals surface area contributed by atoms with Gasteiger partial charge in [0.15, 0.2) is 11.5 Å². The Balaban J connectivity index is 1.85. The van der Waals surface area contributed by atoms with Crippen LogP contribution in [0.5, 0.6) is 11.5 Å². The van der Waals surface area contributed by atoms with Crippen LogP contribution < -0.4 is 14.8 Å². The van der Waals surface area contributed by atoms with Crippen molar-refractivity contribution in [2.45, 2.75) is 0 Å². The van der Waals surface area contributed by atoms with E-state index in [1.807, 2.05) is 53.3 Å². The van der Waals surface area contributed by atoms with Crippen LogP contribution in [0.4, 0.5) is 11.4 Å². The second-order valence-electron chi connectivity index (χ2n) is 5.02. The van der Waals surface area contributed by atoms with Crippen molar-refractivity contribution in [3.05, 3.63) is 48.7 Å². The van der Waals surface area contributed by atoms with Gasteiger partial charge >= 0.3 is 0 Å². The third kappa shape index (κ3) is 1.43. The van der Waals surface area contributed by atoms with Crippen molar-refractivity contribution in [3.63, 3.8) is 0 Å². The predicted molar refractivity (Wildman–Crippen MR) is 78.4 cm³/mol. The number of rotatable bonds is 0. The van der Waals surface area contributed by atoms with Gasteiger partial charge in [0.2, 0.25) is 6.79 Å². The highest BCUT2D eigenvalue weighted by molar-refractivity contribution is 5.87. The van der Waals surface area contributed by atoms with Gasteiger partial charge in [0.05, 0.1) is 29.0 Å². The molecule has 2 aliphatic heterocycles. The predicted octanol–water partition coefficient (Wildman–Crippen LogP) is 3.33. The Morgan fingerprint density at radius 3 is 2.81 bits per heavy atom. The van der Waals surface area contributed by atoms with Gasteiger partial charge in [-0.1, -0.05) is 12.1 Å². The molecule has 5 heteroatoms. The third-order valence-electron chi connectivity index (χ3n) is 3.83. The van der Waals surface area contributed by atoms with Gasteiger partial charge in [0.1, 0.15) is 0 Å². The fraction of sp³-hybridized carbons (Fsp3) is 0.0625. The number of aromatic nitrogens is 2. The normalized spacial score (nSPS) is 13.7. The lowest BCUT2D eigenvalue weighted by Gasteiger charge is -2.09. The Bertz CT molecular complexity index is 870. The van der Waals surface area contributed by atoms with E-state index < -0.39 is 0 Å².